The van der Waals surface area contributed by atoms with Gasteiger partial charge in [-0.2, -0.15) is 4.98 Å². The Morgan fingerprint density at radius 3 is 2.74 bits per heavy atom. The number of ether oxygens (including phenoxy) is 2. The van der Waals surface area contributed by atoms with Crippen molar-refractivity contribution in [2.75, 3.05) is 19.5 Å². The number of nitrogen functional groups attached to an aromatic ring is 1. The summed E-state index contributed by atoms with van der Waals surface area (Å²) in [7, 11) is 1.60. The first-order valence-corrected chi connectivity index (χ1v) is 6.94. The van der Waals surface area contributed by atoms with Gasteiger partial charge >= 0.3 is 0 Å². The zero-order chi connectivity index (χ0) is 14.1. The highest BCUT2D eigenvalue weighted by molar-refractivity contribution is 5.32. The van der Waals surface area contributed by atoms with E-state index in [1.165, 1.54) is 19.3 Å². The largest absolute Gasteiger partial charge is 0.477 e. The molecule has 0 aliphatic heterocycles. The molecule has 19 heavy (non-hydrogen) atoms. The predicted octanol–water partition coefficient (Wildman–Crippen LogP) is 2.80. The lowest BCUT2D eigenvalue weighted by Gasteiger charge is -2.15. The van der Waals surface area contributed by atoms with Crippen molar-refractivity contribution < 1.29 is 9.47 Å². The molecule has 0 amide bonds. The van der Waals surface area contributed by atoms with Crippen LogP contribution in [0.1, 0.15) is 45.4 Å². The molecule has 5 nitrogen and oxygen atoms in total. The van der Waals surface area contributed by atoms with Gasteiger partial charge in [0.2, 0.25) is 5.88 Å². The Labute approximate surface area is 115 Å². The second-order valence-electron chi connectivity index (χ2n) is 4.71. The summed E-state index contributed by atoms with van der Waals surface area (Å²) in [5.74, 6) is 2.08. The molecule has 0 radical (unpaired) electrons. The Hall–Kier alpha value is -1.36. The van der Waals surface area contributed by atoms with Gasteiger partial charge in [0.25, 0.3) is 0 Å². The highest BCUT2D eigenvalue weighted by Crippen LogP contribution is 2.16. The van der Waals surface area contributed by atoms with Crippen LogP contribution in [0.15, 0.2) is 6.07 Å². The zero-order valence-electron chi connectivity index (χ0n) is 12.2. The molecule has 0 aliphatic rings. The van der Waals surface area contributed by atoms with Gasteiger partial charge in [0, 0.05) is 13.2 Å². The molecule has 1 atom stereocenters. The summed E-state index contributed by atoms with van der Waals surface area (Å²) in [6.07, 6.45) is 4.77. The van der Waals surface area contributed by atoms with Crippen LogP contribution in [0.25, 0.3) is 0 Å². The van der Waals surface area contributed by atoms with Gasteiger partial charge in [0.1, 0.15) is 12.4 Å². The van der Waals surface area contributed by atoms with Crippen LogP contribution in [0.5, 0.6) is 5.88 Å². The van der Waals surface area contributed by atoms with E-state index in [1.807, 2.05) is 0 Å². The van der Waals surface area contributed by atoms with E-state index in [9.17, 15) is 0 Å². The molecular weight excluding hydrogens is 242 g/mol. The van der Waals surface area contributed by atoms with Crippen molar-refractivity contribution in [2.24, 2.45) is 5.92 Å². The van der Waals surface area contributed by atoms with Crippen LogP contribution in [0.4, 0.5) is 5.82 Å². The van der Waals surface area contributed by atoms with Gasteiger partial charge in [-0.3, -0.25) is 0 Å². The zero-order valence-corrected chi connectivity index (χ0v) is 12.2. The molecule has 1 aromatic rings. The lowest BCUT2D eigenvalue weighted by molar-refractivity contribution is 0.175. The minimum absolute atomic E-state index is 0.342. The predicted molar refractivity (Wildman–Crippen MR) is 76.0 cm³/mol. The minimum Gasteiger partial charge on any atom is -0.477 e. The van der Waals surface area contributed by atoms with Gasteiger partial charge in [-0.15, -0.1) is 0 Å². The lowest BCUT2D eigenvalue weighted by atomic mass is 10.0. The smallest absolute Gasteiger partial charge is 0.218 e. The minimum atomic E-state index is 0.342. The number of methoxy groups -OCH3 is 1. The van der Waals surface area contributed by atoms with Crippen molar-refractivity contribution in [3.05, 3.63) is 11.9 Å². The Balaban J connectivity index is 2.55. The van der Waals surface area contributed by atoms with Crippen LogP contribution in [-0.4, -0.2) is 23.7 Å². The van der Waals surface area contributed by atoms with E-state index in [2.05, 4.69) is 23.8 Å². The summed E-state index contributed by atoms with van der Waals surface area (Å²) in [6, 6.07) is 1.66. The van der Waals surface area contributed by atoms with Crippen molar-refractivity contribution in [2.45, 2.75) is 46.1 Å². The SMILES string of the molecule is CCCCC(CC)COc1cc(N)nc(COC)n1. The fraction of sp³-hybridized carbons (Fsp3) is 0.714. The molecule has 5 heteroatoms. The van der Waals surface area contributed by atoms with Gasteiger partial charge in [0.05, 0.1) is 6.61 Å². The Morgan fingerprint density at radius 1 is 1.32 bits per heavy atom. The maximum Gasteiger partial charge on any atom is 0.218 e. The average Bonchev–Trinajstić information content (AvgIpc) is 2.39. The Bertz CT molecular complexity index is 372. The molecule has 0 bridgehead atoms. The number of aromatic nitrogens is 2. The average molecular weight is 267 g/mol. The summed E-state index contributed by atoms with van der Waals surface area (Å²) < 4.78 is 10.7. The molecule has 1 aromatic heterocycles. The molecule has 0 fully saturated rings. The highest BCUT2D eigenvalue weighted by Gasteiger charge is 2.09. The van der Waals surface area contributed by atoms with E-state index >= 15 is 0 Å². The number of nitrogens with two attached hydrogens (primary N) is 1. The second kappa shape index (κ2) is 8.69. The number of hydrogen-bond donors (Lipinski definition) is 1. The summed E-state index contributed by atoms with van der Waals surface area (Å²) >= 11 is 0. The third-order valence-corrected chi connectivity index (χ3v) is 3.05. The molecule has 2 N–H and O–H groups in total. The van der Waals surface area contributed by atoms with E-state index < -0.39 is 0 Å². The molecule has 1 rings (SSSR count). The summed E-state index contributed by atoms with van der Waals surface area (Å²) in [4.78, 5) is 8.35. The molecule has 0 aromatic carbocycles. The van der Waals surface area contributed by atoms with Crippen LogP contribution >= 0.6 is 0 Å². The van der Waals surface area contributed by atoms with Crippen molar-refractivity contribution in [3.63, 3.8) is 0 Å². The Kier molecular flexibility index (Phi) is 7.18. The van der Waals surface area contributed by atoms with E-state index in [0.717, 1.165) is 6.42 Å². The van der Waals surface area contributed by atoms with E-state index in [1.54, 1.807) is 13.2 Å². The second-order valence-corrected chi connectivity index (χ2v) is 4.71. The van der Waals surface area contributed by atoms with Crippen LogP contribution in [-0.2, 0) is 11.3 Å². The van der Waals surface area contributed by atoms with Gasteiger partial charge in [0.15, 0.2) is 5.82 Å². The Morgan fingerprint density at radius 2 is 2.11 bits per heavy atom. The highest BCUT2D eigenvalue weighted by atomic mass is 16.5. The molecule has 1 unspecified atom stereocenters. The number of hydrogen-bond acceptors (Lipinski definition) is 5. The van der Waals surface area contributed by atoms with Gasteiger partial charge in [-0.1, -0.05) is 33.1 Å². The van der Waals surface area contributed by atoms with Crippen LogP contribution in [0.3, 0.4) is 0 Å². The molecule has 0 aliphatic carbocycles. The lowest BCUT2D eigenvalue weighted by Crippen LogP contribution is -2.13. The summed E-state index contributed by atoms with van der Waals surface area (Å²) in [5, 5.41) is 0. The first-order chi connectivity index (χ1) is 9.19. The third kappa shape index (κ3) is 5.87. The van der Waals surface area contributed by atoms with Gasteiger partial charge < -0.3 is 15.2 Å². The van der Waals surface area contributed by atoms with Crippen LogP contribution in [0, 0.1) is 5.92 Å². The van der Waals surface area contributed by atoms with Crippen LogP contribution in [0.2, 0.25) is 0 Å². The van der Waals surface area contributed by atoms with E-state index in [4.69, 9.17) is 15.2 Å². The number of nitrogens with zero attached hydrogens (tertiary/aromatic N) is 2. The van der Waals surface area contributed by atoms with E-state index in [0.29, 0.717) is 36.7 Å². The molecule has 0 saturated heterocycles. The maximum absolute atomic E-state index is 5.74. The first-order valence-electron chi connectivity index (χ1n) is 6.94. The molecule has 0 spiro atoms. The fourth-order valence-electron chi connectivity index (χ4n) is 1.86. The summed E-state index contributed by atoms with van der Waals surface area (Å²) in [6.45, 7) is 5.41. The van der Waals surface area contributed by atoms with Crippen LogP contribution < -0.4 is 10.5 Å². The molecular formula is C14H25N3O2. The quantitative estimate of drug-likeness (QED) is 0.745. The monoisotopic (exact) mass is 267 g/mol. The third-order valence-electron chi connectivity index (χ3n) is 3.05. The molecule has 0 saturated carbocycles. The standard InChI is InChI=1S/C14H25N3O2/c1-4-6-7-11(5-2)9-19-14-8-12(15)16-13(17-14)10-18-3/h8,11H,4-7,9-10H2,1-3H3,(H2,15,16,17). The van der Waals surface area contributed by atoms with Gasteiger partial charge in [-0.05, 0) is 12.3 Å². The molecule has 1 heterocycles. The maximum atomic E-state index is 5.74. The number of anilines is 1. The molecule has 108 valence electrons. The first kappa shape index (κ1) is 15.7. The van der Waals surface area contributed by atoms with Crippen molar-refractivity contribution in [1.82, 2.24) is 9.97 Å². The van der Waals surface area contributed by atoms with Crippen molar-refractivity contribution in [3.8, 4) is 5.88 Å². The normalized spacial score (nSPS) is 12.4. The number of rotatable bonds is 9. The summed E-state index contributed by atoms with van der Waals surface area (Å²) in [5.41, 5.74) is 5.72. The van der Waals surface area contributed by atoms with Gasteiger partial charge in [-0.25, -0.2) is 4.98 Å². The fourth-order valence-corrected chi connectivity index (χ4v) is 1.86. The topological polar surface area (TPSA) is 70.3 Å². The number of unbranched alkanes of at least 4 members (excludes halogenated alkanes) is 1. The van der Waals surface area contributed by atoms with Crippen molar-refractivity contribution >= 4 is 5.82 Å². The van der Waals surface area contributed by atoms with E-state index in [-0.39, 0.29) is 0 Å². The van der Waals surface area contributed by atoms with Crippen molar-refractivity contribution in [1.29, 1.82) is 0 Å².